The molecule has 2 N–H and O–H groups in total. The maximum Gasteiger partial charge on any atom is 0.180 e. The molecule has 0 saturated carbocycles. The summed E-state index contributed by atoms with van der Waals surface area (Å²) in [4.78, 5) is 0. The first-order valence-corrected chi connectivity index (χ1v) is 9.56. The monoisotopic (exact) mass is 433 g/mol. The molecule has 5 nitrogen and oxygen atoms in total. The molecule has 0 aliphatic rings. The second kappa shape index (κ2) is 10.7. The lowest BCUT2D eigenvalue weighted by molar-refractivity contribution is 0.324. The van der Waals surface area contributed by atoms with Crippen LogP contribution < -0.4 is 15.2 Å². The van der Waals surface area contributed by atoms with Crippen LogP contribution in [0.2, 0.25) is 0 Å². The van der Waals surface area contributed by atoms with Crippen LogP contribution >= 0.6 is 27.7 Å². The van der Waals surface area contributed by atoms with Gasteiger partial charge in [0, 0.05) is 5.75 Å². The normalized spacial score (nSPS) is 11.5. The first-order chi connectivity index (χ1) is 12.6. The standard InChI is InChI=1S/C19H20BrN3O2S/c1-3-9-25-18-16(20)10-15(11-17(18)24-2)12-22-23-19(21)26-13-14-7-5-4-6-8-14/h3-8,10-12H,1,9,13H2,2H3,(H2,21,23). The summed E-state index contributed by atoms with van der Waals surface area (Å²) < 4.78 is 11.7. The van der Waals surface area contributed by atoms with E-state index < -0.39 is 0 Å². The largest absolute Gasteiger partial charge is 0.493 e. The fraction of sp³-hybridized carbons (Fsp3) is 0.158. The number of thioether (sulfide) groups is 1. The van der Waals surface area contributed by atoms with Crippen molar-refractivity contribution in [3.8, 4) is 11.5 Å². The number of hydrogen-bond acceptors (Lipinski definition) is 5. The summed E-state index contributed by atoms with van der Waals surface area (Å²) in [5.41, 5.74) is 7.88. The zero-order valence-corrected chi connectivity index (χ0v) is 16.8. The van der Waals surface area contributed by atoms with Crippen LogP contribution in [0.15, 0.2) is 69.8 Å². The van der Waals surface area contributed by atoms with E-state index in [2.05, 4.69) is 32.7 Å². The average molecular weight is 434 g/mol. The highest BCUT2D eigenvalue weighted by Crippen LogP contribution is 2.36. The van der Waals surface area contributed by atoms with E-state index in [4.69, 9.17) is 15.2 Å². The molecule has 0 unspecified atom stereocenters. The van der Waals surface area contributed by atoms with Crippen molar-refractivity contribution in [3.05, 3.63) is 70.7 Å². The van der Waals surface area contributed by atoms with Gasteiger partial charge in [-0.2, -0.15) is 5.10 Å². The van der Waals surface area contributed by atoms with E-state index in [1.165, 1.54) is 17.3 Å². The van der Waals surface area contributed by atoms with Crippen LogP contribution in [0, 0.1) is 0 Å². The Morgan fingerprint density at radius 2 is 2.08 bits per heavy atom. The molecule has 2 rings (SSSR count). The highest BCUT2D eigenvalue weighted by atomic mass is 79.9. The summed E-state index contributed by atoms with van der Waals surface area (Å²) in [6, 6.07) is 13.7. The van der Waals surface area contributed by atoms with Gasteiger partial charge in [-0.25, -0.2) is 0 Å². The van der Waals surface area contributed by atoms with Crippen molar-refractivity contribution in [3.63, 3.8) is 0 Å². The van der Waals surface area contributed by atoms with Gasteiger partial charge in [0.1, 0.15) is 6.61 Å². The Labute approximate surface area is 166 Å². The second-order valence-corrected chi connectivity index (χ2v) is 6.94. The smallest absolute Gasteiger partial charge is 0.180 e. The zero-order valence-electron chi connectivity index (χ0n) is 14.4. The van der Waals surface area contributed by atoms with Gasteiger partial charge >= 0.3 is 0 Å². The molecule has 0 radical (unpaired) electrons. The second-order valence-electron chi connectivity index (χ2n) is 5.09. The van der Waals surface area contributed by atoms with Crippen LogP contribution in [0.4, 0.5) is 0 Å². The van der Waals surface area contributed by atoms with Crippen molar-refractivity contribution in [1.82, 2.24) is 0 Å². The fourth-order valence-electron chi connectivity index (χ4n) is 2.01. The Hall–Kier alpha value is -2.25. The summed E-state index contributed by atoms with van der Waals surface area (Å²) >= 11 is 4.91. The number of methoxy groups -OCH3 is 1. The zero-order chi connectivity index (χ0) is 18.8. The van der Waals surface area contributed by atoms with Gasteiger partial charge < -0.3 is 15.2 Å². The SMILES string of the molecule is C=CCOc1c(Br)cc(C=NN=C(N)SCc2ccccc2)cc1OC. The average Bonchev–Trinajstić information content (AvgIpc) is 2.66. The van der Waals surface area contributed by atoms with E-state index in [1.807, 2.05) is 42.5 Å². The quantitative estimate of drug-likeness (QED) is 0.285. The maximum atomic E-state index is 5.89. The number of halogens is 1. The molecule has 0 fully saturated rings. The van der Waals surface area contributed by atoms with Crippen LogP contribution in [0.5, 0.6) is 11.5 Å². The third-order valence-corrected chi connectivity index (χ3v) is 4.63. The van der Waals surface area contributed by atoms with E-state index in [1.54, 1.807) is 19.4 Å². The summed E-state index contributed by atoms with van der Waals surface area (Å²) in [5, 5.41) is 8.47. The van der Waals surface area contributed by atoms with Crippen molar-refractivity contribution in [1.29, 1.82) is 0 Å². The molecule has 0 heterocycles. The van der Waals surface area contributed by atoms with E-state index in [9.17, 15) is 0 Å². The number of benzene rings is 2. The van der Waals surface area contributed by atoms with Crippen molar-refractivity contribution < 1.29 is 9.47 Å². The van der Waals surface area contributed by atoms with Gasteiger partial charge in [-0.3, -0.25) is 0 Å². The van der Waals surface area contributed by atoms with Crippen LogP contribution in [0.1, 0.15) is 11.1 Å². The molecule has 2 aromatic carbocycles. The lowest BCUT2D eigenvalue weighted by Crippen LogP contribution is -2.06. The highest BCUT2D eigenvalue weighted by molar-refractivity contribution is 9.10. The Balaban J connectivity index is 2.02. The molecule has 0 saturated heterocycles. The van der Waals surface area contributed by atoms with E-state index in [0.29, 0.717) is 23.3 Å². The van der Waals surface area contributed by atoms with Gasteiger partial charge in [0.25, 0.3) is 0 Å². The lowest BCUT2D eigenvalue weighted by atomic mass is 10.2. The Morgan fingerprint density at radius 3 is 2.77 bits per heavy atom. The van der Waals surface area contributed by atoms with Gasteiger partial charge in [0.15, 0.2) is 16.7 Å². The van der Waals surface area contributed by atoms with Gasteiger partial charge in [-0.15, -0.1) is 5.10 Å². The first-order valence-electron chi connectivity index (χ1n) is 7.78. The predicted molar refractivity (Wildman–Crippen MR) is 113 cm³/mol. The number of rotatable bonds is 8. The van der Waals surface area contributed by atoms with Crippen LogP contribution in [-0.2, 0) is 5.75 Å². The molecular weight excluding hydrogens is 414 g/mol. The third kappa shape index (κ3) is 6.24. The number of hydrogen-bond donors (Lipinski definition) is 1. The lowest BCUT2D eigenvalue weighted by Gasteiger charge is -2.12. The molecule has 0 bridgehead atoms. The summed E-state index contributed by atoms with van der Waals surface area (Å²) in [6.45, 7) is 4.03. The van der Waals surface area contributed by atoms with Crippen LogP contribution in [0.3, 0.4) is 0 Å². The molecule has 0 spiro atoms. The van der Waals surface area contributed by atoms with Crippen molar-refractivity contribution in [2.24, 2.45) is 15.9 Å². The van der Waals surface area contributed by atoms with Crippen LogP contribution in [0.25, 0.3) is 0 Å². The molecule has 26 heavy (non-hydrogen) atoms. The highest BCUT2D eigenvalue weighted by Gasteiger charge is 2.10. The van der Waals surface area contributed by atoms with E-state index >= 15 is 0 Å². The summed E-state index contributed by atoms with van der Waals surface area (Å²) in [7, 11) is 1.58. The Bertz CT molecular complexity index is 795. The molecule has 7 heteroatoms. The van der Waals surface area contributed by atoms with Gasteiger partial charge in [0.05, 0.1) is 17.8 Å². The Kier molecular flexibility index (Phi) is 8.24. The summed E-state index contributed by atoms with van der Waals surface area (Å²) in [6.07, 6.45) is 3.28. The minimum Gasteiger partial charge on any atom is -0.493 e. The molecule has 2 aromatic rings. The minimum absolute atomic E-state index is 0.391. The van der Waals surface area contributed by atoms with E-state index in [-0.39, 0.29) is 0 Å². The molecule has 0 atom stereocenters. The predicted octanol–water partition coefficient (Wildman–Crippen LogP) is 4.60. The number of amidine groups is 1. The number of nitrogens with zero attached hydrogens (tertiary/aromatic N) is 2. The van der Waals surface area contributed by atoms with Gasteiger partial charge in [-0.1, -0.05) is 54.7 Å². The third-order valence-electron chi connectivity index (χ3n) is 3.19. The number of nitrogens with two attached hydrogens (primary N) is 1. The first kappa shape index (κ1) is 20.1. The molecule has 0 amide bonds. The molecule has 136 valence electrons. The van der Waals surface area contributed by atoms with Gasteiger partial charge in [0.2, 0.25) is 0 Å². The fourth-order valence-corrected chi connectivity index (χ4v) is 3.20. The molecule has 0 aliphatic heterocycles. The van der Waals surface area contributed by atoms with Gasteiger partial charge in [-0.05, 0) is 39.2 Å². The maximum absolute atomic E-state index is 5.89. The van der Waals surface area contributed by atoms with Crippen molar-refractivity contribution in [2.75, 3.05) is 13.7 Å². The topological polar surface area (TPSA) is 69.2 Å². The Morgan fingerprint density at radius 1 is 1.31 bits per heavy atom. The van der Waals surface area contributed by atoms with Crippen molar-refractivity contribution in [2.45, 2.75) is 5.75 Å². The van der Waals surface area contributed by atoms with E-state index in [0.717, 1.165) is 15.8 Å². The molecular formula is C19H20BrN3O2S. The van der Waals surface area contributed by atoms with Crippen molar-refractivity contribution >= 4 is 39.1 Å². The number of ether oxygens (including phenoxy) is 2. The minimum atomic E-state index is 0.391. The molecule has 0 aromatic heterocycles. The van der Waals surface area contributed by atoms with Crippen LogP contribution in [-0.4, -0.2) is 25.1 Å². The molecule has 0 aliphatic carbocycles. The summed E-state index contributed by atoms with van der Waals surface area (Å²) in [5.74, 6) is 1.96.